The molecule has 0 unspecified atom stereocenters. The van der Waals surface area contributed by atoms with Crippen LogP contribution in [0, 0.1) is 34.9 Å². The van der Waals surface area contributed by atoms with Crippen LogP contribution in [0.4, 0.5) is 4.39 Å². The molecule has 1 amide bonds. The zero-order valence-corrected chi connectivity index (χ0v) is 15.4. The van der Waals surface area contributed by atoms with Crippen molar-refractivity contribution >= 4 is 16.8 Å². The second-order valence-electron chi connectivity index (χ2n) is 8.89. The number of amides is 1. The van der Waals surface area contributed by atoms with Crippen LogP contribution in [-0.2, 0) is 6.54 Å². The van der Waals surface area contributed by atoms with Crippen LogP contribution in [0.3, 0.4) is 0 Å². The molecular formula is C22H24FN3O. The van der Waals surface area contributed by atoms with E-state index in [1.54, 1.807) is 16.7 Å². The number of rotatable bonds is 4. The normalized spacial score (nSPS) is 31.2. The average molecular weight is 365 g/mol. The smallest absolute Gasteiger partial charge is 0.271 e. The van der Waals surface area contributed by atoms with Gasteiger partial charge in [0, 0.05) is 17.5 Å². The van der Waals surface area contributed by atoms with Gasteiger partial charge in [-0.05, 0) is 68.4 Å². The van der Waals surface area contributed by atoms with Crippen LogP contribution in [0.25, 0.3) is 10.9 Å². The minimum Gasteiger partial charge on any atom is -0.345 e. The minimum absolute atomic E-state index is 0.0854. The number of carbonyl (C=O) groups excluding carboxylic acids is 1. The molecule has 27 heavy (non-hydrogen) atoms. The van der Waals surface area contributed by atoms with Gasteiger partial charge in [-0.2, -0.15) is 5.26 Å². The Labute approximate surface area is 158 Å². The number of hydrogen-bond acceptors (Lipinski definition) is 2. The number of benzene rings is 1. The molecule has 1 N–H and O–H groups in total. The first-order chi connectivity index (χ1) is 13.1. The summed E-state index contributed by atoms with van der Waals surface area (Å²) in [5.41, 5.74) is 0.609. The van der Waals surface area contributed by atoms with Crippen LogP contribution in [-0.4, -0.2) is 16.0 Å². The maximum Gasteiger partial charge on any atom is 0.271 e. The van der Waals surface area contributed by atoms with Gasteiger partial charge in [0.2, 0.25) is 0 Å². The average Bonchev–Trinajstić information content (AvgIpc) is 2.91. The van der Waals surface area contributed by atoms with E-state index in [-0.39, 0.29) is 23.6 Å². The largest absolute Gasteiger partial charge is 0.345 e. The Morgan fingerprint density at radius 2 is 1.81 bits per heavy atom. The van der Waals surface area contributed by atoms with Crippen molar-refractivity contribution in [1.29, 1.82) is 5.26 Å². The molecule has 0 atom stereocenters. The lowest BCUT2D eigenvalue weighted by Crippen LogP contribution is -2.60. The van der Waals surface area contributed by atoms with Crippen molar-refractivity contribution in [1.82, 2.24) is 9.88 Å². The minimum atomic E-state index is -0.467. The molecule has 0 spiro atoms. The molecule has 4 fully saturated rings. The molecule has 0 saturated heterocycles. The Bertz CT molecular complexity index is 919. The summed E-state index contributed by atoms with van der Waals surface area (Å²) in [7, 11) is 0. The zero-order valence-electron chi connectivity index (χ0n) is 15.4. The molecule has 4 bridgehead atoms. The fourth-order valence-electron chi connectivity index (χ4n) is 6.44. The molecule has 1 aromatic carbocycles. The van der Waals surface area contributed by atoms with Crippen LogP contribution < -0.4 is 5.32 Å². The molecule has 4 aliphatic rings. The number of halogens is 1. The summed E-state index contributed by atoms with van der Waals surface area (Å²) < 4.78 is 16.8. The Kier molecular flexibility index (Phi) is 3.79. The Hall–Kier alpha value is -2.35. The van der Waals surface area contributed by atoms with Gasteiger partial charge in [0.25, 0.3) is 5.91 Å². The maximum absolute atomic E-state index is 15.2. The van der Waals surface area contributed by atoms with Gasteiger partial charge in [0.05, 0.1) is 18.0 Å². The van der Waals surface area contributed by atoms with Crippen LogP contribution in [0.15, 0.2) is 24.3 Å². The number of nitrogens with zero attached hydrogens (tertiary/aromatic N) is 2. The second-order valence-corrected chi connectivity index (χ2v) is 8.89. The first-order valence-corrected chi connectivity index (χ1v) is 10.0. The summed E-state index contributed by atoms with van der Waals surface area (Å²) in [5.74, 6) is 1.36. The highest BCUT2D eigenvalue weighted by molar-refractivity contribution is 5.99. The molecule has 1 heterocycles. The van der Waals surface area contributed by atoms with Gasteiger partial charge >= 0.3 is 0 Å². The lowest BCUT2D eigenvalue weighted by molar-refractivity contribution is -0.0169. The number of hydrogen-bond donors (Lipinski definition) is 1. The lowest BCUT2D eigenvalue weighted by atomic mass is 9.53. The summed E-state index contributed by atoms with van der Waals surface area (Å²) in [6, 6.07) is 9.25. The molecule has 0 aliphatic heterocycles. The number of nitriles is 1. The summed E-state index contributed by atoms with van der Waals surface area (Å²) in [5, 5.41) is 12.7. The predicted octanol–water partition coefficient (Wildman–Crippen LogP) is 4.39. The number of nitrogens with one attached hydrogen (secondary N) is 1. The number of para-hydroxylation sites is 1. The fourth-order valence-corrected chi connectivity index (χ4v) is 6.44. The van der Waals surface area contributed by atoms with Crippen LogP contribution in [0.2, 0.25) is 0 Å². The van der Waals surface area contributed by atoms with Crippen LogP contribution >= 0.6 is 0 Å². The van der Waals surface area contributed by atoms with E-state index < -0.39 is 5.82 Å². The standard InChI is InChI=1S/C22H24FN3O/c23-19-17-4-1-2-5-18(17)26(7-3-6-24)20(19)21(27)25-22-11-14-8-15(12-22)10-16(9-14)13-22/h1-2,4-5,14-16H,3,7-13H2,(H,25,27). The monoisotopic (exact) mass is 365 g/mol. The van der Waals surface area contributed by atoms with Gasteiger partial charge in [-0.1, -0.05) is 12.1 Å². The summed E-state index contributed by atoms with van der Waals surface area (Å²) in [6.07, 6.45) is 7.24. The molecule has 6 rings (SSSR count). The third-order valence-electron chi connectivity index (χ3n) is 6.99. The summed E-state index contributed by atoms with van der Waals surface area (Å²) in [4.78, 5) is 13.2. The Morgan fingerprint density at radius 1 is 1.19 bits per heavy atom. The molecule has 5 heteroatoms. The van der Waals surface area contributed by atoms with E-state index in [9.17, 15) is 4.79 Å². The van der Waals surface area contributed by atoms with Crippen molar-refractivity contribution in [3.63, 3.8) is 0 Å². The van der Waals surface area contributed by atoms with E-state index in [1.807, 2.05) is 12.1 Å². The second kappa shape index (κ2) is 6.09. The molecular weight excluding hydrogens is 341 g/mol. The van der Waals surface area contributed by atoms with Crippen molar-refractivity contribution in [2.45, 2.75) is 57.0 Å². The van der Waals surface area contributed by atoms with Crippen molar-refractivity contribution in [3.8, 4) is 6.07 Å². The molecule has 4 aliphatic carbocycles. The van der Waals surface area contributed by atoms with Gasteiger partial charge in [-0.3, -0.25) is 4.79 Å². The third-order valence-corrected chi connectivity index (χ3v) is 6.99. The van der Waals surface area contributed by atoms with E-state index in [0.717, 1.165) is 19.3 Å². The van der Waals surface area contributed by atoms with Crippen molar-refractivity contribution in [2.24, 2.45) is 17.8 Å². The SMILES string of the molecule is N#CCCn1c(C(=O)NC23CC4CC(CC(C4)C2)C3)c(F)c2ccccc21. The highest BCUT2D eigenvalue weighted by Crippen LogP contribution is 2.55. The van der Waals surface area contributed by atoms with E-state index in [0.29, 0.717) is 35.2 Å². The van der Waals surface area contributed by atoms with Crippen molar-refractivity contribution in [2.75, 3.05) is 0 Å². The first kappa shape index (κ1) is 16.8. The third kappa shape index (κ3) is 2.65. The lowest BCUT2D eigenvalue weighted by Gasteiger charge is -2.56. The van der Waals surface area contributed by atoms with Gasteiger partial charge in [0.15, 0.2) is 5.82 Å². The number of aryl methyl sites for hydroxylation is 1. The maximum atomic E-state index is 15.2. The highest BCUT2D eigenvalue weighted by atomic mass is 19.1. The van der Waals surface area contributed by atoms with Crippen LogP contribution in [0.1, 0.15) is 55.4 Å². The van der Waals surface area contributed by atoms with E-state index >= 15 is 4.39 Å². The Balaban J connectivity index is 1.51. The summed E-state index contributed by atoms with van der Waals surface area (Å²) >= 11 is 0. The highest BCUT2D eigenvalue weighted by Gasteiger charge is 2.51. The molecule has 140 valence electrons. The molecule has 1 aromatic heterocycles. The summed E-state index contributed by atoms with van der Waals surface area (Å²) in [6.45, 7) is 0.324. The van der Waals surface area contributed by atoms with E-state index in [2.05, 4.69) is 11.4 Å². The molecule has 2 aromatic rings. The van der Waals surface area contributed by atoms with Gasteiger partial charge in [-0.25, -0.2) is 4.39 Å². The number of fused-ring (bicyclic) bond motifs is 1. The van der Waals surface area contributed by atoms with Gasteiger partial charge in [-0.15, -0.1) is 0 Å². The zero-order chi connectivity index (χ0) is 18.6. The quantitative estimate of drug-likeness (QED) is 0.873. The Morgan fingerprint density at radius 3 is 2.44 bits per heavy atom. The van der Waals surface area contributed by atoms with E-state index in [4.69, 9.17) is 5.26 Å². The van der Waals surface area contributed by atoms with Crippen LogP contribution in [0.5, 0.6) is 0 Å². The molecule has 4 nitrogen and oxygen atoms in total. The van der Waals surface area contributed by atoms with E-state index in [1.165, 1.54) is 19.3 Å². The topological polar surface area (TPSA) is 57.8 Å². The van der Waals surface area contributed by atoms with Gasteiger partial charge in [0.1, 0.15) is 5.69 Å². The van der Waals surface area contributed by atoms with Crippen molar-refractivity contribution < 1.29 is 9.18 Å². The predicted molar refractivity (Wildman–Crippen MR) is 100 cm³/mol. The fraction of sp³-hybridized carbons (Fsp3) is 0.545. The van der Waals surface area contributed by atoms with Gasteiger partial charge < -0.3 is 9.88 Å². The molecule has 4 saturated carbocycles. The number of aromatic nitrogens is 1. The van der Waals surface area contributed by atoms with Crippen molar-refractivity contribution in [3.05, 3.63) is 35.8 Å². The molecule has 0 radical (unpaired) electrons. The number of carbonyl (C=O) groups is 1. The first-order valence-electron chi connectivity index (χ1n) is 10.0.